The molecule has 2 rings (SSSR count). The van der Waals surface area contributed by atoms with Crippen LogP contribution in [0, 0.1) is 6.92 Å². The summed E-state index contributed by atoms with van der Waals surface area (Å²) in [4.78, 5) is 11.8. The molecule has 2 N–H and O–H groups in total. The number of carbonyl (C=O) groups excluding carboxylic acids is 1. The fourth-order valence-corrected chi connectivity index (χ4v) is 2.33. The predicted molar refractivity (Wildman–Crippen MR) is 70.8 cm³/mol. The third kappa shape index (κ3) is 3.12. The lowest BCUT2D eigenvalue weighted by molar-refractivity contribution is 0.102. The van der Waals surface area contributed by atoms with Gasteiger partial charge in [-0.2, -0.15) is 5.10 Å². The van der Waals surface area contributed by atoms with Crippen LogP contribution in [0.25, 0.3) is 0 Å². The Morgan fingerprint density at radius 2 is 2.16 bits per heavy atom. The van der Waals surface area contributed by atoms with Gasteiger partial charge in [0, 0.05) is 22.6 Å². The lowest BCUT2D eigenvalue weighted by Gasteiger charge is -2.08. The maximum Gasteiger partial charge on any atom is 0.261 e. The Hall–Kier alpha value is -1.86. The molecule has 0 aliphatic carbocycles. The van der Waals surface area contributed by atoms with Gasteiger partial charge in [0.25, 0.3) is 15.0 Å². The fourth-order valence-electron chi connectivity index (χ4n) is 1.50. The second-order valence-electron chi connectivity index (χ2n) is 3.86. The van der Waals surface area contributed by atoms with Crippen LogP contribution < -0.4 is 5.32 Å². The van der Waals surface area contributed by atoms with E-state index in [-0.39, 0.29) is 10.8 Å². The first kappa shape index (κ1) is 13.6. The van der Waals surface area contributed by atoms with Crippen LogP contribution in [-0.2, 0) is 9.05 Å². The summed E-state index contributed by atoms with van der Waals surface area (Å²) in [6.07, 6.45) is 2.85. The number of anilines is 1. The van der Waals surface area contributed by atoms with Crippen molar-refractivity contribution in [2.75, 3.05) is 5.32 Å². The van der Waals surface area contributed by atoms with Gasteiger partial charge in [-0.15, -0.1) is 0 Å². The smallest absolute Gasteiger partial charge is 0.261 e. The van der Waals surface area contributed by atoms with Crippen molar-refractivity contribution in [2.45, 2.75) is 11.8 Å². The van der Waals surface area contributed by atoms with Crippen LogP contribution in [0.5, 0.6) is 0 Å². The molecule has 0 aliphatic rings. The molecule has 19 heavy (non-hydrogen) atoms. The molecule has 0 saturated carbocycles. The third-order valence-corrected chi connectivity index (χ3v) is 3.84. The first-order valence-electron chi connectivity index (χ1n) is 5.23. The molecule has 0 bridgehead atoms. The van der Waals surface area contributed by atoms with Gasteiger partial charge in [-0.25, -0.2) is 8.42 Å². The number of nitrogens with one attached hydrogen (secondary N) is 2. The highest BCUT2D eigenvalue weighted by Gasteiger charge is 2.13. The highest BCUT2D eigenvalue weighted by atomic mass is 35.7. The van der Waals surface area contributed by atoms with Gasteiger partial charge in [-0.3, -0.25) is 9.89 Å². The number of aromatic nitrogens is 2. The summed E-state index contributed by atoms with van der Waals surface area (Å²) in [5.41, 5.74) is 1.49. The van der Waals surface area contributed by atoms with Crippen LogP contribution in [0.4, 0.5) is 5.69 Å². The number of H-pyrrole nitrogens is 1. The molecule has 1 heterocycles. The first-order chi connectivity index (χ1) is 8.88. The Balaban J connectivity index is 2.25. The maximum absolute atomic E-state index is 11.8. The SMILES string of the molecule is Cc1cc(S(=O)(=O)Cl)ccc1NC(=O)c1cn[nH]c1. The van der Waals surface area contributed by atoms with Crippen molar-refractivity contribution >= 4 is 31.3 Å². The summed E-state index contributed by atoms with van der Waals surface area (Å²) >= 11 is 0. The molecule has 0 radical (unpaired) electrons. The van der Waals surface area contributed by atoms with Crippen molar-refractivity contribution in [1.29, 1.82) is 0 Å². The summed E-state index contributed by atoms with van der Waals surface area (Å²) in [6.45, 7) is 1.68. The zero-order valence-electron chi connectivity index (χ0n) is 9.84. The molecular weight excluding hydrogens is 290 g/mol. The molecule has 0 unspecified atom stereocenters. The zero-order chi connectivity index (χ0) is 14.0. The molecule has 0 saturated heterocycles. The number of nitrogens with zero attached hydrogens (tertiary/aromatic N) is 1. The van der Waals surface area contributed by atoms with Crippen LogP contribution >= 0.6 is 10.7 Å². The minimum absolute atomic E-state index is 0.00650. The number of hydrogen-bond acceptors (Lipinski definition) is 4. The standard InChI is InChI=1S/C11H10ClN3O3S/c1-7-4-9(19(12,17)18)2-3-10(7)15-11(16)8-5-13-14-6-8/h2-6H,1H3,(H,13,14)(H,15,16). The minimum atomic E-state index is -3.77. The van der Waals surface area contributed by atoms with Gasteiger partial charge in [0.05, 0.1) is 16.7 Å². The molecule has 2 aromatic rings. The number of benzene rings is 1. The molecule has 0 fully saturated rings. The Bertz CT molecular complexity index is 711. The van der Waals surface area contributed by atoms with Crippen molar-refractivity contribution in [3.8, 4) is 0 Å². The minimum Gasteiger partial charge on any atom is -0.322 e. The fraction of sp³-hybridized carbons (Fsp3) is 0.0909. The highest BCUT2D eigenvalue weighted by Crippen LogP contribution is 2.22. The summed E-state index contributed by atoms with van der Waals surface area (Å²) in [7, 11) is 1.47. The Kier molecular flexibility index (Phi) is 3.59. The number of carbonyl (C=O) groups is 1. The van der Waals surface area contributed by atoms with Crippen molar-refractivity contribution in [3.63, 3.8) is 0 Å². The Labute approximate surface area is 114 Å². The van der Waals surface area contributed by atoms with E-state index in [4.69, 9.17) is 10.7 Å². The van der Waals surface area contributed by atoms with Crippen molar-refractivity contribution in [2.24, 2.45) is 0 Å². The largest absolute Gasteiger partial charge is 0.322 e. The van der Waals surface area contributed by atoms with Gasteiger partial charge in [-0.1, -0.05) is 0 Å². The van der Waals surface area contributed by atoms with Crippen molar-refractivity contribution in [1.82, 2.24) is 10.2 Å². The van der Waals surface area contributed by atoms with E-state index in [0.29, 0.717) is 16.8 Å². The summed E-state index contributed by atoms with van der Waals surface area (Å²) in [5, 5.41) is 8.86. The highest BCUT2D eigenvalue weighted by molar-refractivity contribution is 8.13. The van der Waals surface area contributed by atoms with Crippen molar-refractivity contribution in [3.05, 3.63) is 41.7 Å². The van der Waals surface area contributed by atoms with Crippen LogP contribution in [0.3, 0.4) is 0 Å². The molecule has 0 spiro atoms. The Morgan fingerprint density at radius 1 is 1.42 bits per heavy atom. The maximum atomic E-state index is 11.8. The van der Waals surface area contributed by atoms with Gasteiger partial charge in [0.2, 0.25) is 0 Å². The average molecular weight is 300 g/mol. The van der Waals surface area contributed by atoms with E-state index in [1.807, 2.05) is 0 Å². The third-order valence-electron chi connectivity index (χ3n) is 2.49. The van der Waals surface area contributed by atoms with E-state index < -0.39 is 9.05 Å². The molecule has 0 atom stereocenters. The lowest BCUT2D eigenvalue weighted by atomic mass is 10.2. The Morgan fingerprint density at radius 3 is 2.68 bits per heavy atom. The summed E-state index contributed by atoms with van der Waals surface area (Å²) in [5.74, 6) is -0.335. The molecule has 8 heteroatoms. The second-order valence-corrected chi connectivity index (χ2v) is 6.42. The van der Waals surface area contributed by atoms with E-state index >= 15 is 0 Å². The van der Waals surface area contributed by atoms with Crippen LogP contribution in [0.2, 0.25) is 0 Å². The molecule has 100 valence electrons. The summed E-state index contributed by atoms with van der Waals surface area (Å²) in [6, 6.07) is 4.22. The van der Waals surface area contributed by atoms with E-state index in [1.54, 1.807) is 6.92 Å². The molecule has 1 amide bonds. The number of aryl methyl sites for hydroxylation is 1. The van der Waals surface area contributed by atoms with Crippen molar-refractivity contribution < 1.29 is 13.2 Å². The number of halogens is 1. The van der Waals surface area contributed by atoms with E-state index in [2.05, 4.69) is 15.5 Å². The topological polar surface area (TPSA) is 91.9 Å². The number of aromatic amines is 1. The van der Waals surface area contributed by atoms with Gasteiger partial charge in [0.15, 0.2) is 0 Å². The van der Waals surface area contributed by atoms with Gasteiger partial charge < -0.3 is 5.32 Å². The van der Waals surface area contributed by atoms with E-state index in [0.717, 1.165) is 0 Å². The molecular formula is C11H10ClN3O3S. The van der Waals surface area contributed by atoms with Gasteiger partial charge in [-0.05, 0) is 30.7 Å². The lowest BCUT2D eigenvalue weighted by Crippen LogP contribution is -2.12. The molecule has 1 aromatic carbocycles. The van der Waals surface area contributed by atoms with Crippen LogP contribution in [0.15, 0.2) is 35.5 Å². The quantitative estimate of drug-likeness (QED) is 0.847. The molecule has 0 aliphatic heterocycles. The monoisotopic (exact) mass is 299 g/mol. The number of amides is 1. The van der Waals surface area contributed by atoms with E-state index in [9.17, 15) is 13.2 Å². The van der Waals surface area contributed by atoms with E-state index in [1.165, 1.54) is 30.6 Å². The normalized spacial score (nSPS) is 11.3. The molecule has 1 aromatic heterocycles. The number of rotatable bonds is 3. The average Bonchev–Trinajstić information content (AvgIpc) is 2.84. The van der Waals surface area contributed by atoms with Gasteiger partial charge in [0.1, 0.15) is 0 Å². The molecule has 6 nitrogen and oxygen atoms in total. The second kappa shape index (κ2) is 5.02. The van der Waals surface area contributed by atoms with Crippen LogP contribution in [-0.4, -0.2) is 24.5 Å². The number of hydrogen-bond donors (Lipinski definition) is 2. The van der Waals surface area contributed by atoms with Crippen LogP contribution in [0.1, 0.15) is 15.9 Å². The predicted octanol–water partition coefficient (Wildman–Crippen LogP) is 1.90. The zero-order valence-corrected chi connectivity index (χ0v) is 11.4. The van der Waals surface area contributed by atoms with Gasteiger partial charge >= 0.3 is 0 Å². The first-order valence-corrected chi connectivity index (χ1v) is 7.54. The summed E-state index contributed by atoms with van der Waals surface area (Å²) < 4.78 is 22.3.